The first kappa shape index (κ1) is 21.5. The maximum absolute atomic E-state index is 13.7. The van der Waals surface area contributed by atoms with Crippen LogP contribution < -0.4 is 15.0 Å². The Bertz CT molecular complexity index is 1050. The van der Waals surface area contributed by atoms with E-state index in [-0.39, 0.29) is 0 Å². The van der Waals surface area contributed by atoms with E-state index in [0.29, 0.717) is 19.7 Å². The maximum Gasteiger partial charge on any atom is 0.257 e. The van der Waals surface area contributed by atoms with Gasteiger partial charge in [-0.25, -0.2) is 13.8 Å². The van der Waals surface area contributed by atoms with Crippen molar-refractivity contribution in [1.82, 2.24) is 15.2 Å². The number of hydrogen-bond acceptors (Lipinski definition) is 6. The zero-order chi connectivity index (χ0) is 21.8. The summed E-state index contributed by atoms with van der Waals surface area (Å²) >= 11 is 1.66. The van der Waals surface area contributed by atoms with Crippen molar-refractivity contribution < 1.29 is 18.3 Å². The number of nitrogens with zero attached hydrogens (tertiary/aromatic N) is 3. The highest BCUT2D eigenvalue weighted by molar-refractivity contribution is 7.22. The number of benzene rings is 2. The van der Waals surface area contributed by atoms with Crippen molar-refractivity contribution in [2.45, 2.75) is 6.92 Å². The number of nitrogens with one attached hydrogen (secondary N) is 1. The Labute approximate surface area is 183 Å². The molecule has 0 bridgehead atoms. The summed E-state index contributed by atoms with van der Waals surface area (Å²) in [6.45, 7) is 6.77. The fraction of sp³-hybridized carbons (Fsp3) is 0.364. The first-order valence-corrected chi connectivity index (χ1v) is 11.1. The van der Waals surface area contributed by atoms with E-state index in [9.17, 15) is 13.6 Å². The number of hydrogen-bond donors (Lipinski definition) is 1. The molecule has 0 spiro atoms. The normalized spacial score (nSPS) is 14.7. The van der Waals surface area contributed by atoms with E-state index in [4.69, 9.17) is 9.72 Å². The minimum Gasteiger partial charge on any atom is -0.492 e. The molecular weight excluding hydrogens is 422 g/mol. The number of aromatic nitrogens is 1. The number of fused-ring (bicyclic) bond motifs is 1. The molecular formula is C22H24F2N4O2S. The Morgan fingerprint density at radius 1 is 1.13 bits per heavy atom. The van der Waals surface area contributed by atoms with Crippen LogP contribution >= 0.6 is 11.3 Å². The molecule has 9 heteroatoms. The number of amides is 1. The molecule has 1 aliphatic rings. The molecule has 1 saturated heterocycles. The van der Waals surface area contributed by atoms with Gasteiger partial charge in [0.05, 0.1) is 11.3 Å². The van der Waals surface area contributed by atoms with Crippen LogP contribution in [0.1, 0.15) is 17.3 Å². The number of piperazine rings is 1. The van der Waals surface area contributed by atoms with E-state index in [2.05, 4.69) is 21.2 Å². The second kappa shape index (κ2) is 9.57. The largest absolute Gasteiger partial charge is 0.492 e. The zero-order valence-electron chi connectivity index (χ0n) is 17.2. The van der Waals surface area contributed by atoms with E-state index in [0.717, 1.165) is 59.4 Å². The minimum atomic E-state index is -0.852. The molecule has 31 heavy (non-hydrogen) atoms. The van der Waals surface area contributed by atoms with Gasteiger partial charge in [0.25, 0.3) is 5.91 Å². The summed E-state index contributed by atoms with van der Waals surface area (Å²) in [6.07, 6.45) is 0. The van der Waals surface area contributed by atoms with Crippen molar-refractivity contribution in [3.05, 3.63) is 53.6 Å². The van der Waals surface area contributed by atoms with Gasteiger partial charge in [-0.2, -0.15) is 0 Å². The minimum absolute atomic E-state index is 0.325. The van der Waals surface area contributed by atoms with Crippen molar-refractivity contribution in [2.75, 3.05) is 50.8 Å². The van der Waals surface area contributed by atoms with Gasteiger partial charge in [0.2, 0.25) is 0 Å². The van der Waals surface area contributed by atoms with Gasteiger partial charge in [-0.05, 0) is 31.2 Å². The van der Waals surface area contributed by atoms with Crippen LogP contribution in [0.2, 0.25) is 0 Å². The first-order chi connectivity index (χ1) is 15.1. The van der Waals surface area contributed by atoms with E-state index < -0.39 is 23.1 Å². The Balaban J connectivity index is 1.29. The van der Waals surface area contributed by atoms with Crippen LogP contribution in [0.3, 0.4) is 0 Å². The van der Waals surface area contributed by atoms with Crippen LogP contribution in [0.4, 0.5) is 13.9 Å². The number of ether oxygens (including phenoxy) is 1. The number of carbonyl (C=O) groups excluding carboxylic acids is 1. The Kier molecular flexibility index (Phi) is 6.62. The van der Waals surface area contributed by atoms with E-state index >= 15 is 0 Å². The number of halogens is 2. The molecule has 0 radical (unpaired) electrons. The lowest BCUT2D eigenvalue weighted by Crippen LogP contribution is -2.48. The predicted octanol–water partition coefficient (Wildman–Crippen LogP) is 3.53. The quantitative estimate of drug-likeness (QED) is 0.602. The first-order valence-electron chi connectivity index (χ1n) is 10.3. The smallest absolute Gasteiger partial charge is 0.257 e. The number of rotatable bonds is 7. The van der Waals surface area contributed by atoms with Crippen LogP contribution in [-0.2, 0) is 0 Å². The third-order valence-electron chi connectivity index (χ3n) is 5.22. The van der Waals surface area contributed by atoms with Gasteiger partial charge >= 0.3 is 0 Å². The Morgan fingerprint density at radius 3 is 2.55 bits per heavy atom. The molecule has 1 aliphatic heterocycles. The molecule has 0 saturated carbocycles. The fourth-order valence-corrected chi connectivity index (χ4v) is 4.65. The number of para-hydroxylation sites is 1. The van der Waals surface area contributed by atoms with E-state index in [1.54, 1.807) is 11.3 Å². The Morgan fingerprint density at radius 2 is 1.84 bits per heavy atom. The molecule has 0 aliphatic carbocycles. The van der Waals surface area contributed by atoms with Gasteiger partial charge < -0.3 is 15.0 Å². The van der Waals surface area contributed by atoms with Crippen LogP contribution in [0.5, 0.6) is 5.75 Å². The summed E-state index contributed by atoms with van der Waals surface area (Å²) in [5.74, 6) is -1.62. The molecule has 3 aromatic rings. The van der Waals surface area contributed by atoms with Gasteiger partial charge in [-0.15, -0.1) is 0 Å². The van der Waals surface area contributed by atoms with Gasteiger partial charge in [0.15, 0.2) is 5.13 Å². The number of carbonyl (C=O) groups is 1. The SMILES string of the molecule is CCOc1cccc2sc(N3CCN(CCNC(=O)c4c(F)cccc4F)CC3)nc12. The third kappa shape index (κ3) is 4.77. The molecule has 0 atom stereocenters. The highest BCUT2D eigenvalue weighted by Gasteiger charge is 2.21. The fourth-order valence-electron chi connectivity index (χ4n) is 3.61. The van der Waals surface area contributed by atoms with Crippen LogP contribution in [-0.4, -0.2) is 61.7 Å². The molecule has 1 fully saturated rings. The van der Waals surface area contributed by atoms with Crippen molar-refractivity contribution in [3.63, 3.8) is 0 Å². The van der Waals surface area contributed by atoms with Crippen molar-refractivity contribution in [1.29, 1.82) is 0 Å². The summed E-state index contributed by atoms with van der Waals surface area (Å²) in [5, 5.41) is 3.59. The average Bonchev–Trinajstić information content (AvgIpc) is 3.20. The number of anilines is 1. The van der Waals surface area contributed by atoms with E-state index in [1.165, 1.54) is 6.07 Å². The van der Waals surface area contributed by atoms with Crippen LogP contribution in [0.25, 0.3) is 10.2 Å². The summed E-state index contributed by atoms with van der Waals surface area (Å²) in [5.41, 5.74) is 0.365. The van der Waals surface area contributed by atoms with Gasteiger partial charge in [-0.1, -0.05) is 23.5 Å². The second-order valence-electron chi connectivity index (χ2n) is 7.21. The highest BCUT2D eigenvalue weighted by Crippen LogP contribution is 2.34. The molecule has 4 rings (SSSR count). The third-order valence-corrected chi connectivity index (χ3v) is 6.30. The lowest BCUT2D eigenvalue weighted by molar-refractivity contribution is 0.0939. The van der Waals surface area contributed by atoms with Crippen LogP contribution in [0, 0.1) is 11.6 Å². The Hall–Kier alpha value is -2.78. The molecule has 2 heterocycles. The van der Waals surface area contributed by atoms with Gasteiger partial charge in [0, 0.05) is 39.3 Å². The maximum atomic E-state index is 13.7. The van der Waals surface area contributed by atoms with Gasteiger partial charge in [0.1, 0.15) is 28.5 Å². The average molecular weight is 447 g/mol. The summed E-state index contributed by atoms with van der Waals surface area (Å²) in [6, 6.07) is 9.37. The molecule has 164 valence electrons. The molecule has 0 unspecified atom stereocenters. The van der Waals surface area contributed by atoms with Gasteiger partial charge in [-0.3, -0.25) is 9.69 Å². The summed E-state index contributed by atoms with van der Waals surface area (Å²) in [4.78, 5) is 21.3. The van der Waals surface area contributed by atoms with E-state index in [1.807, 2.05) is 19.1 Å². The highest BCUT2D eigenvalue weighted by atomic mass is 32.1. The lowest BCUT2D eigenvalue weighted by Gasteiger charge is -2.34. The molecule has 1 aromatic heterocycles. The van der Waals surface area contributed by atoms with Crippen molar-refractivity contribution >= 4 is 32.6 Å². The second-order valence-corrected chi connectivity index (χ2v) is 8.22. The molecule has 1 amide bonds. The summed E-state index contributed by atoms with van der Waals surface area (Å²) in [7, 11) is 0. The summed E-state index contributed by atoms with van der Waals surface area (Å²) < 4.78 is 34.2. The topological polar surface area (TPSA) is 57.7 Å². The van der Waals surface area contributed by atoms with Crippen LogP contribution in [0.15, 0.2) is 36.4 Å². The van der Waals surface area contributed by atoms with Crippen molar-refractivity contribution in [2.24, 2.45) is 0 Å². The number of thiazole rings is 1. The zero-order valence-corrected chi connectivity index (χ0v) is 18.1. The molecule has 1 N–H and O–H groups in total. The van der Waals surface area contributed by atoms with Crippen molar-refractivity contribution in [3.8, 4) is 5.75 Å². The predicted molar refractivity (Wildman–Crippen MR) is 118 cm³/mol. The monoisotopic (exact) mass is 446 g/mol. The standard InChI is InChI=1S/C22H24F2N4O2S/c1-2-30-17-7-4-8-18-20(17)26-22(31-18)28-13-11-27(12-14-28)10-9-25-21(29)19-15(23)5-3-6-16(19)24/h3-8H,2,9-14H2,1H3,(H,25,29). The lowest BCUT2D eigenvalue weighted by atomic mass is 10.2. The molecule has 2 aromatic carbocycles. The molecule has 6 nitrogen and oxygen atoms in total.